The normalized spacial score (nSPS) is 11.9. The summed E-state index contributed by atoms with van der Waals surface area (Å²) in [6.45, 7) is 5.73. The lowest BCUT2D eigenvalue weighted by molar-refractivity contribution is -0.156. The number of rotatable bonds is 7. The lowest BCUT2D eigenvalue weighted by Crippen LogP contribution is -2.38. The van der Waals surface area contributed by atoms with E-state index in [1.54, 1.807) is 18.2 Å². The summed E-state index contributed by atoms with van der Waals surface area (Å²) in [5.74, 6) is -0.139. The summed E-state index contributed by atoms with van der Waals surface area (Å²) in [6, 6.07) is 4.94. The predicted molar refractivity (Wildman–Crippen MR) is 88.0 cm³/mol. The van der Waals surface area contributed by atoms with Crippen molar-refractivity contribution in [3.05, 3.63) is 27.7 Å². The molecule has 0 bridgehead atoms. The first-order valence-electron chi connectivity index (χ1n) is 6.84. The molecule has 7 heteroatoms. The maximum atomic E-state index is 11.7. The van der Waals surface area contributed by atoms with Gasteiger partial charge in [-0.05, 0) is 47.0 Å². The Bertz CT molecular complexity index is 536. The molecule has 22 heavy (non-hydrogen) atoms. The lowest BCUT2D eigenvalue weighted by atomic mass is 10.2. The number of benzene rings is 1. The van der Waals surface area contributed by atoms with E-state index in [0.29, 0.717) is 27.7 Å². The van der Waals surface area contributed by atoms with Gasteiger partial charge >= 0.3 is 5.97 Å². The number of halogens is 2. The van der Waals surface area contributed by atoms with Crippen LogP contribution in [0.1, 0.15) is 20.8 Å². The number of hydrogen-bond acceptors (Lipinski definition) is 4. The Morgan fingerprint density at radius 1 is 1.32 bits per heavy atom. The van der Waals surface area contributed by atoms with Gasteiger partial charge in [-0.2, -0.15) is 0 Å². The third-order valence-electron chi connectivity index (χ3n) is 2.60. The average molecular weight is 393 g/mol. The fourth-order valence-corrected chi connectivity index (χ4v) is 2.26. The van der Waals surface area contributed by atoms with Gasteiger partial charge in [-0.25, -0.2) is 4.79 Å². The molecule has 0 saturated carbocycles. The molecule has 1 atom stereocenters. The topological polar surface area (TPSA) is 64.6 Å². The van der Waals surface area contributed by atoms with Crippen LogP contribution in [0, 0.1) is 5.92 Å². The Hall–Kier alpha value is -1.27. The van der Waals surface area contributed by atoms with E-state index in [-0.39, 0.29) is 12.5 Å². The fourth-order valence-electron chi connectivity index (χ4n) is 1.46. The van der Waals surface area contributed by atoms with Crippen LogP contribution in [0.3, 0.4) is 0 Å². The molecule has 1 N–H and O–H groups in total. The first-order chi connectivity index (χ1) is 10.3. The molecule has 0 fully saturated rings. The molecule has 0 aromatic heterocycles. The molecule has 1 amide bonds. The third-order valence-corrected chi connectivity index (χ3v) is 3.46. The van der Waals surface area contributed by atoms with Crippen LogP contribution in [0.2, 0.25) is 5.02 Å². The summed E-state index contributed by atoms with van der Waals surface area (Å²) in [5, 5.41) is 3.25. The smallest absolute Gasteiger partial charge is 0.344 e. The van der Waals surface area contributed by atoms with E-state index in [4.69, 9.17) is 21.1 Å². The molecule has 1 aromatic rings. The van der Waals surface area contributed by atoms with Crippen molar-refractivity contribution in [2.75, 3.05) is 13.2 Å². The minimum Gasteiger partial charge on any atom is -0.481 e. The molecular formula is C15H19BrClNO4. The van der Waals surface area contributed by atoms with E-state index >= 15 is 0 Å². The van der Waals surface area contributed by atoms with Crippen molar-refractivity contribution in [3.63, 3.8) is 0 Å². The van der Waals surface area contributed by atoms with E-state index in [1.165, 1.54) is 6.92 Å². The zero-order valence-corrected chi connectivity index (χ0v) is 15.0. The van der Waals surface area contributed by atoms with Crippen LogP contribution in [0.5, 0.6) is 5.75 Å². The van der Waals surface area contributed by atoms with Gasteiger partial charge in [-0.3, -0.25) is 4.79 Å². The minimum absolute atomic E-state index is 0.290. The van der Waals surface area contributed by atoms with Gasteiger partial charge in [0, 0.05) is 11.6 Å². The first kappa shape index (κ1) is 18.8. The molecule has 0 saturated heterocycles. The van der Waals surface area contributed by atoms with Crippen LogP contribution in [0.25, 0.3) is 0 Å². The average Bonchev–Trinajstić information content (AvgIpc) is 2.43. The second-order valence-corrected chi connectivity index (χ2v) is 6.43. The predicted octanol–water partition coefficient (Wildman–Crippen LogP) is 3.19. The molecule has 1 rings (SSSR count). The third kappa shape index (κ3) is 6.66. The molecule has 0 spiro atoms. The van der Waals surface area contributed by atoms with Crippen molar-refractivity contribution in [1.29, 1.82) is 0 Å². The quantitative estimate of drug-likeness (QED) is 0.724. The Labute approximate surface area is 143 Å². The monoisotopic (exact) mass is 391 g/mol. The standard InChI is InChI=1S/C15H19BrClNO4/c1-9(2)7-18-15(20)10(3)22-14(19)8-21-13-5-4-11(17)6-12(13)16/h4-6,9-10H,7-8H2,1-3H3,(H,18,20)/t10-/m1/s1. The summed E-state index contributed by atoms with van der Waals surface area (Å²) >= 11 is 9.09. The van der Waals surface area contributed by atoms with Crippen molar-refractivity contribution in [1.82, 2.24) is 5.32 Å². The Morgan fingerprint density at radius 3 is 2.59 bits per heavy atom. The minimum atomic E-state index is -0.858. The van der Waals surface area contributed by atoms with Gasteiger partial charge in [0.1, 0.15) is 5.75 Å². The Morgan fingerprint density at radius 2 is 2.00 bits per heavy atom. The molecule has 0 aliphatic rings. The van der Waals surface area contributed by atoms with Crippen LogP contribution >= 0.6 is 27.5 Å². The number of carbonyl (C=O) groups excluding carboxylic acids is 2. The van der Waals surface area contributed by atoms with E-state index in [0.717, 1.165) is 0 Å². The van der Waals surface area contributed by atoms with Crippen LogP contribution in [-0.4, -0.2) is 31.1 Å². The lowest BCUT2D eigenvalue weighted by Gasteiger charge is -2.15. The molecule has 0 heterocycles. The van der Waals surface area contributed by atoms with E-state index in [9.17, 15) is 9.59 Å². The Balaban J connectivity index is 2.41. The SMILES string of the molecule is CC(C)CNC(=O)[C@@H](C)OC(=O)COc1ccc(Cl)cc1Br. The van der Waals surface area contributed by atoms with Crippen LogP contribution in [-0.2, 0) is 14.3 Å². The van der Waals surface area contributed by atoms with E-state index < -0.39 is 12.1 Å². The van der Waals surface area contributed by atoms with Crippen molar-refractivity contribution >= 4 is 39.4 Å². The molecule has 122 valence electrons. The summed E-state index contributed by atoms with van der Waals surface area (Å²) in [4.78, 5) is 23.4. The number of ether oxygens (including phenoxy) is 2. The molecule has 1 aromatic carbocycles. The highest BCUT2D eigenvalue weighted by molar-refractivity contribution is 9.10. The van der Waals surface area contributed by atoms with Gasteiger partial charge in [0.2, 0.25) is 0 Å². The van der Waals surface area contributed by atoms with Crippen molar-refractivity contribution in [2.24, 2.45) is 5.92 Å². The Kier molecular flexibility index (Phi) is 7.68. The number of hydrogen-bond donors (Lipinski definition) is 1. The zero-order valence-electron chi connectivity index (χ0n) is 12.7. The molecule has 0 aliphatic heterocycles. The largest absolute Gasteiger partial charge is 0.481 e. The maximum absolute atomic E-state index is 11.7. The number of amides is 1. The maximum Gasteiger partial charge on any atom is 0.344 e. The molecule has 0 radical (unpaired) electrons. The number of carbonyl (C=O) groups is 2. The summed E-state index contributed by atoms with van der Waals surface area (Å²) < 4.78 is 11.0. The highest BCUT2D eigenvalue weighted by Crippen LogP contribution is 2.27. The number of nitrogens with one attached hydrogen (secondary N) is 1. The molecule has 5 nitrogen and oxygen atoms in total. The van der Waals surface area contributed by atoms with Crippen molar-refractivity contribution in [3.8, 4) is 5.75 Å². The van der Waals surface area contributed by atoms with Crippen LogP contribution < -0.4 is 10.1 Å². The second-order valence-electron chi connectivity index (χ2n) is 5.13. The van der Waals surface area contributed by atoms with E-state index in [1.807, 2.05) is 13.8 Å². The van der Waals surface area contributed by atoms with Crippen LogP contribution in [0.4, 0.5) is 0 Å². The highest BCUT2D eigenvalue weighted by Gasteiger charge is 2.18. The fraction of sp³-hybridized carbons (Fsp3) is 0.467. The summed E-state index contributed by atoms with van der Waals surface area (Å²) in [5.41, 5.74) is 0. The van der Waals surface area contributed by atoms with Gasteiger partial charge in [0.25, 0.3) is 5.91 Å². The summed E-state index contributed by atoms with van der Waals surface area (Å²) in [7, 11) is 0. The van der Waals surface area contributed by atoms with Gasteiger partial charge in [0.05, 0.1) is 4.47 Å². The summed E-state index contributed by atoms with van der Waals surface area (Å²) in [6.07, 6.45) is -0.858. The van der Waals surface area contributed by atoms with Crippen LogP contribution in [0.15, 0.2) is 22.7 Å². The molecule has 0 unspecified atom stereocenters. The van der Waals surface area contributed by atoms with Crippen molar-refractivity contribution < 1.29 is 19.1 Å². The van der Waals surface area contributed by atoms with Gasteiger partial charge in [-0.15, -0.1) is 0 Å². The first-order valence-corrected chi connectivity index (χ1v) is 8.01. The molecular weight excluding hydrogens is 374 g/mol. The zero-order chi connectivity index (χ0) is 16.7. The second kappa shape index (κ2) is 9.00. The molecule has 0 aliphatic carbocycles. The highest BCUT2D eigenvalue weighted by atomic mass is 79.9. The van der Waals surface area contributed by atoms with Crippen molar-refractivity contribution in [2.45, 2.75) is 26.9 Å². The van der Waals surface area contributed by atoms with Gasteiger partial charge in [-0.1, -0.05) is 25.4 Å². The van der Waals surface area contributed by atoms with E-state index in [2.05, 4.69) is 21.2 Å². The van der Waals surface area contributed by atoms with Gasteiger partial charge in [0.15, 0.2) is 12.7 Å². The van der Waals surface area contributed by atoms with Gasteiger partial charge < -0.3 is 14.8 Å². The number of esters is 1.